The summed E-state index contributed by atoms with van der Waals surface area (Å²) in [7, 11) is 1.65. The molecule has 11 heteroatoms. The molecule has 1 aromatic carbocycles. The van der Waals surface area contributed by atoms with E-state index in [1.807, 2.05) is 6.92 Å². The van der Waals surface area contributed by atoms with E-state index in [4.69, 9.17) is 27.9 Å². The van der Waals surface area contributed by atoms with Crippen LogP contribution >= 0.6 is 11.6 Å². The minimum Gasteiger partial charge on any atom is -0.487 e. The van der Waals surface area contributed by atoms with Crippen LogP contribution in [0.15, 0.2) is 24.0 Å². The fraction of sp³-hybridized carbons (Fsp3) is 0.607. The van der Waals surface area contributed by atoms with Crippen LogP contribution in [0.5, 0.6) is 5.75 Å². The maximum absolute atomic E-state index is 14.2. The molecule has 1 saturated heterocycles. The number of nitrogens with zero attached hydrogens (tertiary/aromatic N) is 3. The second kappa shape index (κ2) is 11.6. The van der Waals surface area contributed by atoms with Crippen molar-refractivity contribution < 1.29 is 24.2 Å². The van der Waals surface area contributed by atoms with Gasteiger partial charge < -0.3 is 30.4 Å². The van der Waals surface area contributed by atoms with E-state index in [1.165, 1.54) is 5.01 Å². The highest BCUT2D eigenvalue weighted by molar-refractivity contribution is 6.31. The summed E-state index contributed by atoms with van der Waals surface area (Å²) in [5.41, 5.74) is 6.96. The van der Waals surface area contributed by atoms with Gasteiger partial charge in [0.25, 0.3) is 0 Å². The minimum absolute atomic E-state index is 0.0396. The second-order valence-corrected chi connectivity index (χ2v) is 11.9. The molecular formula is C28H40ClN5O5. The zero-order chi connectivity index (χ0) is 28.5. The van der Waals surface area contributed by atoms with Crippen molar-refractivity contribution in [1.29, 1.82) is 0 Å². The van der Waals surface area contributed by atoms with E-state index in [-0.39, 0.29) is 30.9 Å². The molecule has 2 aliphatic heterocycles. The van der Waals surface area contributed by atoms with Gasteiger partial charge in [-0.15, -0.1) is 0 Å². The van der Waals surface area contributed by atoms with Crippen LogP contribution in [0.2, 0.25) is 5.02 Å². The van der Waals surface area contributed by atoms with Crippen molar-refractivity contribution in [1.82, 2.24) is 14.8 Å². The Hall–Kier alpha value is -2.98. The SMILES string of the molecule is C[C@@H]1CC(=O)N(C[C@@H]2c3c(OC/C(N)=C/N(C)N)ccc(Cl)c3CCN2C(=O)[C@@H]2CCCC[C@]2(C)C(=O)O)C1. The highest BCUT2D eigenvalue weighted by Gasteiger charge is 2.50. The molecule has 10 nitrogen and oxygen atoms in total. The Labute approximate surface area is 234 Å². The largest absolute Gasteiger partial charge is 0.487 e. The van der Waals surface area contributed by atoms with E-state index >= 15 is 0 Å². The van der Waals surface area contributed by atoms with E-state index in [9.17, 15) is 19.5 Å². The Morgan fingerprint density at radius 1 is 1.33 bits per heavy atom. The fourth-order valence-corrected chi connectivity index (χ4v) is 6.62. The van der Waals surface area contributed by atoms with E-state index in [0.29, 0.717) is 55.2 Å². The molecule has 39 heavy (non-hydrogen) atoms. The van der Waals surface area contributed by atoms with Crippen molar-refractivity contribution in [3.63, 3.8) is 0 Å². The quantitative estimate of drug-likeness (QED) is 0.325. The van der Waals surface area contributed by atoms with Gasteiger partial charge in [0.15, 0.2) is 0 Å². The normalized spacial score (nSPS) is 27.4. The number of benzene rings is 1. The van der Waals surface area contributed by atoms with Gasteiger partial charge in [-0.1, -0.05) is 31.4 Å². The molecule has 2 fully saturated rings. The molecule has 1 aliphatic carbocycles. The number of hydrogen-bond donors (Lipinski definition) is 3. The van der Waals surface area contributed by atoms with Gasteiger partial charge in [-0.2, -0.15) is 0 Å². The highest BCUT2D eigenvalue weighted by Crippen LogP contribution is 2.46. The van der Waals surface area contributed by atoms with Crippen LogP contribution in [-0.2, 0) is 20.8 Å². The van der Waals surface area contributed by atoms with E-state index in [1.54, 1.807) is 42.1 Å². The van der Waals surface area contributed by atoms with Crippen molar-refractivity contribution in [2.75, 3.05) is 33.3 Å². The molecule has 214 valence electrons. The number of amides is 2. The van der Waals surface area contributed by atoms with Crippen molar-refractivity contribution in [2.45, 2.75) is 58.4 Å². The predicted molar refractivity (Wildman–Crippen MR) is 147 cm³/mol. The van der Waals surface area contributed by atoms with Crippen molar-refractivity contribution in [3.05, 3.63) is 40.2 Å². The Bertz CT molecular complexity index is 1160. The third-order valence-electron chi connectivity index (χ3n) is 8.41. The number of hydrogen-bond acceptors (Lipinski definition) is 7. The number of carbonyl (C=O) groups excluding carboxylic acids is 2. The van der Waals surface area contributed by atoms with Crippen molar-refractivity contribution >= 4 is 29.4 Å². The Balaban J connectivity index is 1.75. The van der Waals surface area contributed by atoms with Crippen LogP contribution in [0.3, 0.4) is 0 Å². The van der Waals surface area contributed by atoms with Gasteiger partial charge in [-0.05, 0) is 49.8 Å². The maximum Gasteiger partial charge on any atom is 0.310 e. The van der Waals surface area contributed by atoms with Crippen molar-refractivity contribution in [3.8, 4) is 5.75 Å². The van der Waals surface area contributed by atoms with Gasteiger partial charge in [0.2, 0.25) is 11.8 Å². The van der Waals surface area contributed by atoms with Crippen molar-refractivity contribution in [2.24, 2.45) is 28.8 Å². The third-order valence-corrected chi connectivity index (χ3v) is 8.77. The highest BCUT2D eigenvalue weighted by atomic mass is 35.5. The molecule has 1 saturated carbocycles. The molecule has 0 radical (unpaired) electrons. The number of carbonyl (C=O) groups is 3. The molecule has 3 aliphatic rings. The topological polar surface area (TPSA) is 142 Å². The number of nitrogens with two attached hydrogens (primary N) is 2. The van der Waals surface area contributed by atoms with Gasteiger partial charge in [-0.3, -0.25) is 14.4 Å². The number of hydrazine groups is 1. The fourth-order valence-electron chi connectivity index (χ4n) is 6.36. The first-order valence-corrected chi connectivity index (χ1v) is 14.0. The zero-order valence-corrected chi connectivity index (χ0v) is 23.7. The van der Waals surface area contributed by atoms with Crippen LogP contribution < -0.4 is 16.3 Å². The van der Waals surface area contributed by atoms with Crippen LogP contribution in [-0.4, -0.2) is 71.0 Å². The lowest BCUT2D eigenvalue weighted by Crippen LogP contribution is -2.52. The third kappa shape index (κ3) is 5.96. The summed E-state index contributed by atoms with van der Waals surface area (Å²) >= 11 is 6.67. The number of carboxylic acids is 1. The molecular weight excluding hydrogens is 522 g/mol. The molecule has 4 atom stereocenters. The molecule has 4 rings (SSSR count). The number of likely N-dealkylation sites (tertiary alicyclic amines) is 1. The Kier molecular flexibility index (Phi) is 8.66. The van der Waals surface area contributed by atoms with Gasteiger partial charge in [0, 0.05) is 49.9 Å². The van der Waals surface area contributed by atoms with E-state index in [0.717, 1.165) is 24.0 Å². The Morgan fingerprint density at radius 3 is 2.72 bits per heavy atom. The summed E-state index contributed by atoms with van der Waals surface area (Å²) in [6, 6.07) is 3.00. The molecule has 2 amide bonds. The first kappa shape index (κ1) is 29.0. The minimum atomic E-state index is -1.14. The molecule has 5 N–H and O–H groups in total. The first-order chi connectivity index (χ1) is 18.4. The lowest BCUT2D eigenvalue weighted by Gasteiger charge is -2.45. The standard InChI is InChI=1S/C28H40ClN5O5/c1-17-12-24(35)33(13-17)15-22-25-19(21(29)7-8-23(25)39-16-18(30)14-32(3)31)9-11-34(22)26(36)20-6-4-5-10-28(20,2)27(37)38/h7-8,14,17,20,22H,4-6,9-13,15-16,30-31H2,1-3H3,(H,37,38)/b18-14-/t17-,20+,22-,28+/m1/s1. The van der Waals surface area contributed by atoms with Crippen LogP contribution in [0, 0.1) is 17.3 Å². The average molecular weight is 562 g/mol. The van der Waals surface area contributed by atoms with Crippen LogP contribution in [0.1, 0.15) is 63.1 Å². The maximum atomic E-state index is 14.2. The number of rotatable bonds is 8. The van der Waals surface area contributed by atoms with Gasteiger partial charge >= 0.3 is 5.97 Å². The zero-order valence-electron chi connectivity index (χ0n) is 23.0. The lowest BCUT2D eigenvalue weighted by atomic mass is 9.66. The predicted octanol–water partition coefficient (Wildman–Crippen LogP) is 2.90. The van der Waals surface area contributed by atoms with Crippen LogP contribution in [0.4, 0.5) is 0 Å². The Morgan fingerprint density at radius 2 is 2.08 bits per heavy atom. The average Bonchev–Trinajstić information content (AvgIpc) is 3.19. The number of ether oxygens (including phenoxy) is 1. The van der Waals surface area contributed by atoms with E-state index < -0.39 is 23.3 Å². The summed E-state index contributed by atoms with van der Waals surface area (Å²) in [6.45, 7) is 5.04. The summed E-state index contributed by atoms with van der Waals surface area (Å²) in [5.74, 6) is 4.67. The van der Waals surface area contributed by atoms with E-state index in [2.05, 4.69) is 0 Å². The van der Waals surface area contributed by atoms with Gasteiger partial charge in [0.05, 0.1) is 23.1 Å². The monoisotopic (exact) mass is 561 g/mol. The molecule has 0 aromatic heterocycles. The summed E-state index contributed by atoms with van der Waals surface area (Å²) in [6.07, 6.45) is 5.06. The summed E-state index contributed by atoms with van der Waals surface area (Å²) in [4.78, 5) is 43.0. The number of halogens is 1. The molecule has 1 aromatic rings. The van der Waals surface area contributed by atoms with Gasteiger partial charge in [0.1, 0.15) is 12.4 Å². The number of fused-ring (bicyclic) bond motifs is 1. The number of aliphatic carboxylic acids is 1. The lowest BCUT2D eigenvalue weighted by molar-refractivity contribution is -0.162. The molecule has 0 unspecified atom stereocenters. The number of carboxylic acid groups (broad SMARTS) is 1. The molecule has 0 spiro atoms. The second-order valence-electron chi connectivity index (χ2n) is 11.5. The molecule has 0 bridgehead atoms. The summed E-state index contributed by atoms with van der Waals surface area (Å²) < 4.78 is 6.15. The van der Waals surface area contributed by atoms with Crippen LogP contribution in [0.25, 0.3) is 0 Å². The first-order valence-electron chi connectivity index (χ1n) is 13.6. The summed E-state index contributed by atoms with van der Waals surface area (Å²) in [5, 5.41) is 12.0. The smallest absolute Gasteiger partial charge is 0.310 e. The molecule has 2 heterocycles. The van der Waals surface area contributed by atoms with Gasteiger partial charge in [-0.25, -0.2) is 5.84 Å².